The minimum absolute atomic E-state index is 0.0377. The van der Waals surface area contributed by atoms with Crippen LogP contribution in [0.15, 0.2) is 53.9 Å². The van der Waals surface area contributed by atoms with Gasteiger partial charge in [-0.3, -0.25) is 9.59 Å². The number of fused-ring (bicyclic) bond motifs is 2. The molecule has 7 heteroatoms. The average Bonchev–Trinajstić information content (AvgIpc) is 3.56. The number of carbonyl (C=O) groups is 2. The van der Waals surface area contributed by atoms with E-state index in [0.717, 1.165) is 18.4 Å². The molecule has 5 rings (SSSR count). The van der Waals surface area contributed by atoms with Crippen molar-refractivity contribution in [2.45, 2.75) is 52.0 Å². The number of benzene rings is 2. The van der Waals surface area contributed by atoms with Crippen molar-refractivity contribution in [1.29, 1.82) is 0 Å². The standard InChI is InChI=1S/C30H34N2O4S/c1-5-14-31(29(34)21-8-11-24-25(17-21)36-19-35-24)18-27(33)32-15-12-26-23(13-16-37-26)28(32)20-6-9-22(10-7-20)30(2,3)4/h6-11,13,16-17,28H,5,12,14-15,18-19H2,1-4H3. The Kier molecular flexibility index (Phi) is 6.99. The van der Waals surface area contributed by atoms with Crippen molar-refractivity contribution >= 4 is 23.2 Å². The monoisotopic (exact) mass is 518 g/mol. The highest BCUT2D eigenvalue weighted by atomic mass is 32.1. The zero-order valence-electron chi connectivity index (χ0n) is 22.0. The highest BCUT2D eigenvalue weighted by Gasteiger charge is 2.34. The second-order valence-electron chi connectivity index (χ2n) is 10.7. The molecule has 2 aliphatic heterocycles. The van der Waals surface area contributed by atoms with Gasteiger partial charge in [0.25, 0.3) is 5.91 Å². The van der Waals surface area contributed by atoms with Gasteiger partial charge in [0.05, 0.1) is 6.04 Å². The first-order valence-electron chi connectivity index (χ1n) is 12.9. The van der Waals surface area contributed by atoms with E-state index in [1.54, 1.807) is 34.4 Å². The van der Waals surface area contributed by atoms with Gasteiger partial charge in [-0.05, 0) is 64.6 Å². The molecule has 0 radical (unpaired) electrons. The fraction of sp³-hybridized carbons (Fsp3) is 0.400. The lowest BCUT2D eigenvalue weighted by Gasteiger charge is -2.38. The van der Waals surface area contributed by atoms with Crippen molar-refractivity contribution in [1.82, 2.24) is 9.80 Å². The van der Waals surface area contributed by atoms with Gasteiger partial charge >= 0.3 is 0 Å². The summed E-state index contributed by atoms with van der Waals surface area (Å²) in [4.78, 5) is 32.2. The molecule has 0 saturated heterocycles. The van der Waals surface area contributed by atoms with Crippen LogP contribution in [-0.4, -0.2) is 48.0 Å². The topological polar surface area (TPSA) is 59.1 Å². The van der Waals surface area contributed by atoms with E-state index < -0.39 is 0 Å². The molecule has 37 heavy (non-hydrogen) atoms. The van der Waals surface area contributed by atoms with E-state index in [-0.39, 0.29) is 36.6 Å². The first kappa shape index (κ1) is 25.3. The van der Waals surface area contributed by atoms with Crippen molar-refractivity contribution in [3.63, 3.8) is 0 Å². The van der Waals surface area contributed by atoms with Crippen LogP contribution in [0.5, 0.6) is 11.5 Å². The van der Waals surface area contributed by atoms with E-state index >= 15 is 0 Å². The third-order valence-electron chi connectivity index (χ3n) is 7.11. The summed E-state index contributed by atoms with van der Waals surface area (Å²) in [5.74, 6) is 0.986. The Balaban J connectivity index is 1.40. The number of carbonyl (C=O) groups excluding carboxylic acids is 2. The number of hydrogen-bond donors (Lipinski definition) is 0. The Morgan fingerprint density at radius 1 is 1.05 bits per heavy atom. The lowest BCUT2D eigenvalue weighted by molar-refractivity contribution is -0.134. The van der Waals surface area contributed by atoms with Crippen molar-refractivity contribution < 1.29 is 19.1 Å². The van der Waals surface area contributed by atoms with E-state index in [0.29, 0.717) is 30.2 Å². The van der Waals surface area contributed by atoms with Gasteiger partial charge in [0.15, 0.2) is 11.5 Å². The minimum atomic E-state index is -0.173. The van der Waals surface area contributed by atoms with Crippen LogP contribution in [0.1, 0.15) is 72.1 Å². The third kappa shape index (κ3) is 5.10. The fourth-order valence-corrected chi connectivity index (χ4v) is 6.00. The van der Waals surface area contributed by atoms with Crippen molar-refractivity contribution in [3.8, 4) is 11.5 Å². The molecule has 2 amide bonds. The third-order valence-corrected chi connectivity index (χ3v) is 8.10. The second-order valence-corrected chi connectivity index (χ2v) is 11.7. The molecule has 1 unspecified atom stereocenters. The van der Waals surface area contributed by atoms with Crippen LogP contribution in [0.2, 0.25) is 0 Å². The molecule has 194 valence electrons. The normalized spacial score (nSPS) is 16.4. The molecule has 2 aromatic carbocycles. The molecule has 0 fully saturated rings. The molecule has 2 aliphatic rings. The quantitative estimate of drug-likeness (QED) is 0.414. The molecule has 0 saturated carbocycles. The maximum atomic E-state index is 13.8. The summed E-state index contributed by atoms with van der Waals surface area (Å²) in [5.41, 5.74) is 4.11. The van der Waals surface area contributed by atoms with E-state index in [1.165, 1.54) is 16.0 Å². The van der Waals surface area contributed by atoms with Crippen LogP contribution in [-0.2, 0) is 16.6 Å². The molecule has 3 aromatic rings. The van der Waals surface area contributed by atoms with Gasteiger partial charge < -0.3 is 19.3 Å². The molecule has 0 N–H and O–H groups in total. The largest absolute Gasteiger partial charge is 0.454 e. The summed E-state index contributed by atoms with van der Waals surface area (Å²) in [6, 6.07) is 15.8. The number of thiophene rings is 1. The number of amides is 2. The van der Waals surface area contributed by atoms with Gasteiger partial charge in [0, 0.05) is 23.5 Å². The smallest absolute Gasteiger partial charge is 0.254 e. The van der Waals surface area contributed by atoms with Gasteiger partial charge in [-0.2, -0.15) is 0 Å². The number of ether oxygens (including phenoxy) is 2. The van der Waals surface area contributed by atoms with Crippen LogP contribution < -0.4 is 9.47 Å². The van der Waals surface area contributed by atoms with Crippen LogP contribution in [0.3, 0.4) is 0 Å². The highest BCUT2D eigenvalue weighted by Crippen LogP contribution is 2.39. The molecular weight excluding hydrogens is 484 g/mol. The molecule has 0 spiro atoms. The Labute approximate surface area is 222 Å². The molecule has 0 aliphatic carbocycles. The van der Waals surface area contributed by atoms with E-state index in [1.807, 2.05) is 11.8 Å². The predicted molar refractivity (Wildman–Crippen MR) is 145 cm³/mol. The summed E-state index contributed by atoms with van der Waals surface area (Å²) >= 11 is 1.75. The molecule has 6 nitrogen and oxygen atoms in total. The summed E-state index contributed by atoms with van der Waals surface area (Å²) < 4.78 is 10.8. The van der Waals surface area contributed by atoms with Crippen LogP contribution in [0, 0.1) is 0 Å². The van der Waals surface area contributed by atoms with Crippen LogP contribution in [0.25, 0.3) is 0 Å². The summed E-state index contributed by atoms with van der Waals surface area (Å²) in [6.45, 7) is 9.96. The molecule has 1 aromatic heterocycles. The SMILES string of the molecule is CCCN(CC(=O)N1CCc2sccc2C1c1ccc(C(C)(C)C)cc1)C(=O)c1ccc2c(c1)OCO2. The van der Waals surface area contributed by atoms with Gasteiger partial charge in [-0.25, -0.2) is 0 Å². The zero-order chi connectivity index (χ0) is 26.2. The molecule has 3 heterocycles. The van der Waals surface area contributed by atoms with Crippen molar-refractivity contribution in [2.75, 3.05) is 26.4 Å². The van der Waals surface area contributed by atoms with Crippen molar-refractivity contribution in [2.24, 2.45) is 0 Å². The Morgan fingerprint density at radius 3 is 2.54 bits per heavy atom. The summed E-state index contributed by atoms with van der Waals surface area (Å²) in [6.07, 6.45) is 1.59. The summed E-state index contributed by atoms with van der Waals surface area (Å²) in [7, 11) is 0. The maximum Gasteiger partial charge on any atom is 0.254 e. The van der Waals surface area contributed by atoms with E-state index in [4.69, 9.17) is 9.47 Å². The highest BCUT2D eigenvalue weighted by molar-refractivity contribution is 7.10. The Hall–Kier alpha value is -3.32. The summed E-state index contributed by atoms with van der Waals surface area (Å²) in [5, 5.41) is 2.11. The van der Waals surface area contributed by atoms with Gasteiger partial charge in [0.1, 0.15) is 6.54 Å². The lowest BCUT2D eigenvalue weighted by atomic mass is 9.85. The Bertz CT molecular complexity index is 1290. The van der Waals surface area contributed by atoms with E-state index in [2.05, 4.69) is 56.5 Å². The fourth-order valence-electron chi connectivity index (χ4n) is 5.10. The number of rotatable bonds is 6. The first-order valence-corrected chi connectivity index (χ1v) is 13.8. The van der Waals surface area contributed by atoms with Gasteiger partial charge in [-0.15, -0.1) is 11.3 Å². The predicted octanol–water partition coefficient (Wildman–Crippen LogP) is 5.80. The average molecular weight is 519 g/mol. The second kappa shape index (κ2) is 10.2. The minimum Gasteiger partial charge on any atom is -0.454 e. The van der Waals surface area contributed by atoms with E-state index in [9.17, 15) is 9.59 Å². The molecular formula is C30H34N2O4S. The Morgan fingerprint density at radius 2 is 1.81 bits per heavy atom. The zero-order valence-corrected chi connectivity index (χ0v) is 22.8. The number of nitrogens with zero attached hydrogens (tertiary/aromatic N) is 2. The van der Waals surface area contributed by atoms with Crippen LogP contribution >= 0.6 is 11.3 Å². The van der Waals surface area contributed by atoms with Crippen molar-refractivity contribution in [3.05, 3.63) is 81.0 Å². The maximum absolute atomic E-state index is 13.8. The molecule has 1 atom stereocenters. The lowest BCUT2D eigenvalue weighted by Crippen LogP contribution is -2.47. The van der Waals surface area contributed by atoms with Crippen LogP contribution in [0.4, 0.5) is 0 Å². The first-order chi connectivity index (χ1) is 17.8. The molecule has 0 bridgehead atoms. The number of hydrogen-bond acceptors (Lipinski definition) is 5. The van der Waals surface area contributed by atoms with Gasteiger partial charge in [0.2, 0.25) is 12.7 Å². The van der Waals surface area contributed by atoms with Gasteiger partial charge in [-0.1, -0.05) is 52.0 Å².